The summed E-state index contributed by atoms with van der Waals surface area (Å²) in [7, 11) is 1.61. The Morgan fingerprint density at radius 2 is 2.04 bits per heavy atom. The van der Waals surface area contributed by atoms with Crippen molar-refractivity contribution >= 4 is 11.8 Å². The van der Waals surface area contributed by atoms with Gasteiger partial charge in [0, 0.05) is 39.8 Å². The van der Waals surface area contributed by atoms with Crippen molar-refractivity contribution in [1.29, 1.82) is 0 Å². The molecule has 2 fully saturated rings. The van der Waals surface area contributed by atoms with E-state index >= 15 is 0 Å². The molecule has 0 bridgehead atoms. The van der Waals surface area contributed by atoms with Crippen molar-refractivity contribution in [3.05, 3.63) is 0 Å². The predicted octanol–water partition coefficient (Wildman–Crippen LogP) is -0.290. The van der Waals surface area contributed by atoms with Gasteiger partial charge in [0.15, 0.2) is 0 Å². The van der Waals surface area contributed by atoms with Crippen molar-refractivity contribution < 1.29 is 19.1 Å². The van der Waals surface area contributed by atoms with E-state index in [-0.39, 0.29) is 11.8 Å². The van der Waals surface area contributed by atoms with Crippen LogP contribution in [-0.2, 0) is 19.1 Å². The number of piperidine rings is 1. The Morgan fingerprint density at radius 3 is 2.78 bits per heavy atom. The molecule has 1 unspecified atom stereocenters. The molecule has 2 amide bonds. The van der Waals surface area contributed by atoms with E-state index in [2.05, 4.69) is 10.2 Å². The first-order valence-corrected chi connectivity index (χ1v) is 8.52. The first-order chi connectivity index (χ1) is 11.2. The van der Waals surface area contributed by atoms with Crippen LogP contribution in [-0.4, -0.2) is 87.8 Å². The second kappa shape index (κ2) is 9.85. The number of hydrogen-bond acceptors (Lipinski definition) is 5. The van der Waals surface area contributed by atoms with E-state index in [0.717, 1.165) is 39.0 Å². The van der Waals surface area contributed by atoms with Gasteiger partial charge >= 0.3 is 0 Å². The molecule has 23 heavy (non-hydrogen) atoms. The fraction of sp³-hybridized carbons (Fsp3) is 0.875. The third-order valence-electron chi connectivity index (χ3n) is 4.45. The average molecular weight is 327 g/mol. The number of likely N-dealkylation sites (tertiary alicyclic amines) is 1. The summed E-state index contributed by atoms with van der Waals surface area (Å²) in [6.07, 6.45) is 2.50. The summed E-state index contributed by atoms with van der Waals surface area (Å²) in [6.45, 7) is 6.15. The highest BCUT2D eigenvalue weighted by atomic mass is 16.5. The SMILES string of the molecule is COCCC(=O)N1CCCC(CNC(=O)CN2CCOCC2)C1. The summed E-state index contributed by atoms with van der Waals surface area (Å²) in [5.41, 5.74) is 0. The monoisotopic (exact) mass is 327 g/mol. The van der Waals surface area contributed by atoms with Crippen LogP contribution in [0.3, 0.4) is 0 Å². The zero-order valence-electron chi connectivity index (χ0n) is 14.1. The van der Waals surface area contributed by atoms with E-state index in [1.54, 1.807) is 7.11 Å². The maximum atomic E-state index is 12.0. The molecule has 1 atom stereocenters. The summed E-state index contributed by atoms with van der Waals surface area (Å²) < 4.78 is 10.2. The highest BCUT2D eigenvalue weighted by Crippen LogP contribution is 2.16. The number of carbonyl (C=O) groups excluding carboxylic acids is 2. The summed E-state index contributed by atoms with van der Waals surface area (Å²) in [4.78, 5) is 28.1. The van der Waals surface area contributed by atoms with Crippen LogP contribution < -0.4 is 5.32 Å². The number of rotatable bonds is 7. The van der Waals surface area contributed by atoms with E-state index in [9.17, 15) is 9.59 Å². The number of amides is 2. The molecule has 2 rings (SSSR count). The van der Waals surface area contributed by atoms with Gasteiger partial charge in [-0.2, -0.15) is 0 Å². The van der Waals surface area contributed by atoms with Crippen LogP contribution in [0.1, 0.15) is 19.3 Å². The smallest absolute Gasteiger partial charge is 0.234 e. The van der Waals surface area contributed by atoms with Gasteiger partial charge in [0.2, 0.25) is 11.8 Å². The minimum absolute atomic E-state index is 0.0646. The first kappa shape index (κ1) is 18.2. The van der Waals surface area contributed by atoms with Gasteiger partial charge in [-0.25, -0.2) is 0 Å². The van der Waals surface area contributed by atoms with Crippen molar-refractivity contribution in [2.45, 2.75) is 19.3 Å². The highest BCUT2D eigenvalue weighted by molar-refractivity contribution is 5.78. The molecule has 1 N–H and O–H groups in total. The molecular formula is C16H29N3O4. The van der Waals surface area contributed by atoms with Crippen LogP contribution in [0.15, 0.2) is 0 Å². The van der Waals surface area contributed by atoms with Gasteiger partial charge in [-0.05, 0) is 18.8 Å². The number of nitrogens with one attached hydrogen (secondary N) is 1. The molecule has 0 aromatic rings. The van der Waals surface area contributed by atoms with Gasteiger partial charge in [0.05, 0.1) is 32.8 Å². The van der Waals surface area contributed by atoms with Gasteiger partial charge < -0.3 is 19.7 Å². The number of morpholine rings is 1. The molecule has 132 valence electrons. The van der Waals surface area contributed by atoms with Crippen LogP contribution in [0.2, 0.25) is 0 Å². The van der Waals surface area contributed by atoms with Crippen molar-refractivity contribution in [3.8, 4) is 0 Å². The summed E-state index contributed by atoms with van der Waals surface area (Å²) in [6, 6.07) is 0. The summed E-state index contributed by atoms with van der Waals surface area (Å²) in [5.74, 6) is 0.565. The fourth-order valence-electron chi connectivity index (χ4n) is 3.08. The van der Waals surface area contributed by atoms with Crippen LogP contribution in [0.5, 0.6) is 0 Å². The number of methoxy groups -OCH3 is 1. The number of hydrogen-bond donors (Lipinski definition) is 1. The van der Waals surface area contributed by atoms with Crippen LogP contribution >= 0.6 is 0 Å². The summed E-state index contributed by atoms with van der Waals surface area (Å²) in [5, 5.41) is 3.02. The van der Waals surface area contributed by atoms with Crippen molar-refractivity contribution in [2.24, 2.45) is 5.92 Å². The molecule has 2 aliphatic rings. The summed E-state index contributed by atoms with van der Waals surface area (Å²) >= 11 is 0. The molecule has 2 heterocycles. The zero-order chi connectivity index (χ0) is 16.5. The first-order valence-electron chi connectivity index (χ1n) is 8.52. The Bertz CT molecular complexity index is 386. The molecule has 0 aromatic heterocycles. The van der Waals surface area contributed by atoms with Crippen LogP contribution in [0, 0.1) is 5.92 Å². The number of nitrogens with zero attached hydrogens (tertiary/aromatic N) is 2. The van der Waals surface area contributed by atoms with Crippen molar-refractivity contribution in [3.63, 3.8) is 0 Å². The maximum Gasteiger partial charge on any atom is 0.234 e. The third-order valence-corrected chi connectivity index (χ3v) is 4.45. The maximum absolute atomic E-state index is 12.0. The molecule has 0 saturated carbocycles. The molecule has 0 aliphatic carbocycles. The Balaban J connectivity index is 1.66. The minimum Gasteiger partial charge on any atom is -0.384 e. The second-order valence-electron chi connectivity index (χ2n) is 6.28. The Morgan fingerprint density at radius 1 is 1.26 bits per heavy atom. The van der Waals surface area contributed by atoms with Crippen molar-refractivity contribution in [1.82, 2.24) is 15.1 Å². The molecule has 7 nitrogen and oxygen atoms in total. The molecule has 0 radical (unpaired) electrons. The van der Waals surface area contributed by atoms with E-state index < -0.39 is 0 Å². The van der Waals surface area contributed by atoms with Crippen LogP contribution in [0.25, 0.3) is 0 Å². The lowest BCUT2D eigenvalue weighted by Gasteiger charge is -2.33. The van der Waals surface area contributed by atoms with Gasteiger partial charge in [-0.3, -0.25) is 14.5 Å². The van der Waals surface area contributed by atoms with E-state index in [1.165, 1.54) is 0 Å². The number of ether oxygens (including phenoxy) is 2. The molecule has 0 aromatic carbocycles. The van der Waals surface area contributed by atoms with Crippen LogP contribution in [0.4, 0.5) is 0 Å². The highest BCUT2D eigenvalue weighted by Gasteiger charge is 2.24. The van der Waals surface area contributed by atoms with Gasteiger partial charge in [0.1, 0.15) is 0 Å². The standard InChI is InChI=1S/C16H29N3O4/c1-22-8-4-16(21)19-5-2-3-14(12-19)11-17-15(20)13-18-6-9-23-10-7-18/h14H,2-13H2,1H3,(H,17,20). The fourth-order valence-corrected chi connectivity index (χ4v) is 3.08. The normalized spacial score (nSPS) is 22.8. The zero-order valence-corrected chi connectivity index (χ0v) is 14.1. The molecule has 0 spiro atoms. The second-order valence-corrected chi connectivity index (χ2v) is 6.28. The van der Waals surface area contributed by atoms with E-state index in [0.29, 0.717) is 45.2 Å². The quantitative estimate of drug-likeness (QED) is 0.696. The minimum atomic E-state index is 0.0646. The largest absolute Gasteiger partial charge is 0.384 e. The Hall–Kier alpha value is -1.18. The Kier molecular flexibility index (Phi) is 7.78. The van der Waals surface area contributed by atoms with Gasteiger partial charge in [-0.1, -0.05) is 0 Å². The lowest BCUT2D eigenvalue weighted by Crippen LogP contribution is -2.46. The third kappa shape index (κ3) is 6.45. The lowest BCUT2D eigenvalue weighted by atomic mass is 9.97. The van der Waals surface area contributed by atoms with Gasteiger partial charge in [0.25, 0.3) is 0 Å². The average Bonchev–Trinajstić information content (AvgIpc) is 2.59. The Labute approximate surface area is 138 Å². The topological polar surface area (TPSA) is 71.1 Å². The molecule has 2 saturated heterocycles. The number of carbonyl (C=O) groups is 2. The lowest BCUT2D eigenvalue weighted by molar-refractivity contribution is -0.133. The molecule has 2 aliphatic heterocycles. The van der Waals surface area contributed by atoms with Crippen molar-refractivity contribution in [2.75, 3.05) is 66.2 Å². The van der Waals surface area contributed by atoms with Gasteiger partial charge in [-0.15, -0.1) is 0 Å². The predicted molar refractivity (Wildman–Crippen MR) is 86.1 cm³/mol. The van der Waals surface area contributed by atoms with E-state index in [4.69, 9.17) is 9.47 Å². The molecule has 7 heteroatoms. The van der Waals surface area contributed by atoms with E-state index in [1.807, 2.05) is 4.90 Å². The molecular weight excluding hydrogens is 298 g/mol.